The molecule has 1 N–H and O–H groups in total. The number of anilines is 1. The van der Waals surface area contributed by atoms with Gasteiger partial charge in [-0.1, -0.05) is 31.6 Å². The fourth-order valence-corrected chi connectivity index (χ4v) is 4.16. The van der Waals surface area contributed by atoms with Crippen LogP contribution in [0.2, 0.25) is 0 Å². The summed E-state index contributed by atoms with van der Waals surface area (Å²) in [7, 11) is -9.74. The molecule has 0 amide bonds. The number of benzene rings is 2. The van der Waals surface area contributed by atoms with Crippen molar-refractivity contribution in [3.05, 3.63) is 55.8 Å². The third kappa shape index (κ3) is 4.67. The summed E-state index contributed by atoms with van der Waals surface area (Å²) < 4.78 is 67.3. The van der Waals surface area contributed by atoms with Gasteiger partial charge in [-0.2, -0.15) is 0 Å². The minimum atomic E-state index is -9.74. The molecule has 0 aliphatic heterocycles. The molecule has 1 aromatic heterocycles. The molecule has 1 unspecified atom stereocenters. The van der Waals surface area contributed by atoms with Gasteiger partial charge in [0.05, 0.1) is 11.6 Å². The lowest BCUT2D eigenvalue weighted by atomic mass is 10.1. The Balaban J connectivity index is 2.03. The van der Waals surface area contributed by atoms with Crippen molar-refractivity contribution in [1.29, 1.82) is 0 Å². The van der Waals surface area contributed by atoms with Crippen molar-refractivity contribution in [2.75, 3.05) is 5.32 Å². The number of aryl methyl sites for hydroxylation is 1. The van der Waals surface area contributed by atoms with Crippen molar-refractivity contribution < 1.29 is 19.4 Å². The van der Waals surface area contributed by atoms with Crippen LogP contribution in [-0.4, -0.2) is 9.97 Å². The molecule has 0 aliphatic carbocycles. The summed E-state index contributed by atoms with van der Waals surface area (Å²) in [6.07, 6.45) is 0. The van der Waals surface area contributed by atoms with Crippen LogP contribution < -0.4 is 5.32 Å². The third-order valence-electron chi connectivity index (χ3n) is 4.01. The Kier molecular flexibility index (Phi) is 4.91. The van der Waals surface area contributed by atoms with Crippen molar-refractivity contribution in [3.8, 4) is 0 Å². The van der Waals surface area contributed by atoms with Crippen LogP contribution in [0.1, 0.15) is 24.4 Å². The van der Waals surface area contributed by atoms with Gasteiger partial charge in [0.2, 0.25) is 0 Å². The second kappa shape index (κ2) is 6.39. The first-order valence-electron chi connectivity index (χ1n) is 7.88. The fraction of sp³-hybridized carbons (Fsp3) is 0.176. The van der Waals surface area contributed by atoms with Gasteiger partial charge in [-0.3, -0.25) is 0 Å². The zero-order valence-electron chi connectivity index (χ0n) is 14.5. The maximum atomic E-state index is 13.1. The summed E-state index contributed by atoms with van der Waals surface area (Å²) in [5.74, 6) is 0.884. The lowest BCUT2D eigenvalue weighted by Crippen LogP contribution is -2.12. The van der Waals surface area contributed by atoms with Gasteiger partial charge in [0.25, 0.3) is 0 Å². The van der Waals surface area contributed by atoms with E-state index in [1.54, 1.807) is 13.8 Å². The molecule has 0 fully saturated rings. The van der Waals surface area contributed by atoms with Crippen LogP contribution in [0.15, 0.2) is 45.8 Å². The zero-order chi connectivity index (χ0) is 21.0. The second-order valence-corrected chi connectivity index (χ2v) is 10.7. The molecule has 3 rings (SSSR count). The van der Waals surface area contributed by atoms with E-state index >= 15 is 0 Å². The molecule has 0 spiro atoms. The largest absolute Gasteiger partial charge is 0.363 e. The van der Waals surface area contributed by atoms with Gasteiger partial charge in [-0.25, -0.2) is 9.97 Å². The van der Waals surface area contributed by atoms with Crippen LogP contribution in [0, 0.1) is 10.5 Å². The van der Waals surface area contributed by atoms with E-state index in [1.807, 2.05) is 12.1 Å². The van der Waals surface area contributed by atoms with E-state index < -0.39 is 21.2 Å². The number of fused-ring (bicyclic) bond motifs is 1. The first-order valence-corrected chi connectivity index (χ1v) is 11.7. The van der Waals surface area contributed by atoms with Crippen LogP contribution in [0.25, 0.3) is 10.9 Å². The Bertz CT molecular complexity index is 1090. The minimum absolute atomic E-state index is 0.0713. The number of aromatic nitrogens is 2. The molecule has 1 heterocycles. The highest BCUT2D eigenvalue weighted by Gasteiger charge is 2.65. The minimum Gasteiger partial charge on any atom is -0.363 e. The number of hydrogen-bond donors (Lipinski definition) is 1. The fourth-order valence-electron chi connectivity index (χ4n) is 2.66. The van der Waals surface area contributed by atoms with Crippen molar-refractivity contribution >= 4 is 65.5 Å². The highest BCUT2D eigenvalue weighted by atomic mass is 127. The molecular formula is C17H14BrF5IN3S. The van der Waals surface area contributed by atoms with Crippen LogP contribution >= 0.6 is 48.7 Å². The lowest BCUT2D eigenvalue weighted by Gasteiger charge is -2.40. The van der Waals surface area contributed by atoms with Crippen LogP contribution in [0.3, 0.4) is 0 Å². The molecule has 3 nitrogen and oxygen atoms in total. The summed E-state index contributed by atoms with van der Waals surface area (Å²) in [6, 6.07) is 6.16. The Hall–Kier alpha value is -1.21. The summed E-state index contributed by atoms with van der Waals surface area (Å²) in [5.41, 5.74) is 0.720. The maximum absolute atomic E-state index is 13.1. The van der Waals surface area contributed by atoms with Crippen LogP contribution in [0.4, 0.5) is 25.2 Å². The number of rotatable bonds is 4. The van der Waals surface area contributed by atoms with E-state index in [0.717, 1.165) is 14.1 Å². The van der Waals surface area contributed by atoms with Gasteiger partial charge in [0, 0.05) is 13.4 Å². The molecule has 0 aliphatic rings. The normalized spacial score (nSPS) is 15.8. The van der Waals surface area contributed by atoms with Crippen LogP contribution in [-0.2, 0) is 0 Å². The molecule has 0 radical (unpaired) electrons. The Morgan fingerprint density at radius 1 is 1.07 bits per heavy atom. The average Bonchev–Trinajstić information content (AvgIpc) is 2.54. The second-order valence-electron chi connectivity index (χ2n) is 6.31. The number of nitrogens with zero attached hydrogens (tertiary/aromatic N) is 2. The Labute approximate surface area is 180 Å². The lowest BCUT2D eigenvalue weighted by molar-refractivity contribution is 0.364. The smallest absolute Gasteiger partial charge is 0.310 e. The van der Waals surface area contributed by atoms with Gasteiger partial charge < -0.3 is 5.32 Å². The first kappa shape index (κ1) is 21.5. The van der Waals surface area contributed by atoms with E-state index in [4.69, 9.17) is 0 Å². The Morgan fingerprint density at radius 2 is 1.75 bits per heavy atom. The van der Waals surface area contributed by atoms with E-state index in [2.05, 4.69) is 53.8 Å². The molecule has 28 heavy (non-hydrogen) atoms. The summed E-state index contributed by atoms with van der Waals surface area (Å²) in [6.45, 7) is 3.27. The van der Waals surface area contributed by atoms with Gasteiger partial charge in [0.15, 0.2) is 0 Å². The molecule has 0 bridgehead atoms. The predicted molar refractivity (Wildman–Crippen MR) is 115 cm³/mol. The van der Waals surface area contributed by atoms with Crippen molar-refractivity contribution in [2.45, 2.75) is 24.8 Å². The SMILES string of the molecule is Cc1nc(NC(C)c2cccc(S(F)(F)(F)(F)F)c2)c2cc(I)c(Br)cc2n1. The molecular weight excluding hydrogens is 580 g/mol. The third-order valence-corrected chi connectivity index (χ3v) is 7.44. The molecule has 1 atom stereocenters. The Morgan fingerprint density at radius 3 is 2.39 bits per heavy atom. The average molecular weight is 594 g/mol. The molecule has 152 valence electrons. The molecule has 3 aromatic rings. The molecule has 0 saturated heterocycles. The van der Waals surface area contributed by atoms with E-state index in [0.29, 0.717) is 34.7 Å². The van der Waals surface area contributed by atoms with E-state index in [-0.39, 0.29) is 5.56 Å². The van der Waals surface area contributed by atoms with Crippen molar-refractivity contribution in [1.82, 2.24) is 9.97 Å². The quantitative estimate of drug-likeness (QED) is 0.245. The first-order chi connectivity index (χ1) is 12.6. The van der Waals surface area contributed by atoms with Gasteiger partial charge in [0.1, 0.15) is 16.5 Å². The summed E-state index contributed by atoms with van der Waals surface area (Å²) in [4.78, 5) is 6.78. The molecule has 2 aromatic carbocycles. The number of hydrogen-bond acceptors (Lipinski definition) is 3. The number of nitrogens with one attached hydrogen (secondary N) is 1. The summed E-state index contributed by atoms with van der Waals surface area (Å²) in [5, 5.41) is 3.70. The standard InChI is InChI=1S/C17H14BrF5IN3S/c1-9(11-4-3-5-12(6-11)28(19,20,21,22)23)25-17-13-7-15(24)14(18)8-16(13)26-10(2)27-17/h3-9H,1-2H3,(H,25,26,27). The van der Waals surface area contributed by atoms with Gasteiger partial charge in [-0.05, 0) is 82.2 Å². The monoisotopic (exact) mass is 593 g/mol. The topological polar surface area (TPSA) is 37.8 Å². The highest BCUT2D eigenvalue weighted by Crippen LogP contribution is 3.02. The molecule has 11 heteroatoms. The van der Waals surface area contributed by atoms with Gasteiger partial charge in [-0.15, -0.1) is 0 Å². The zero-order valence-corrected chi connectivity index (χ0v) is 19.0. The predicted octanol–water partition coefficient (Wildman–Crippen LogP) is 8.14. The number of halogens is 7. The summed E-state index contributed by atoms with van der Waals surface area (Å²) >= 11 is 5.55. The van der Waals surface area contributed by atoms with E-state index in [9.17, 15) is 19.4 Å². The maximum Gasteiger partial charge on any atom is 0.310 e. The highest BCUT2D eigenvalue weighted by molar-refractivity contribution is 14.1. The van der Waals surface area contributed by atoms with E-state index in [1.165, 1.54) is 6.07 Å². The van der Waals surface area contributed by atoms with Crippen molar-refractivity contribution in [3.63, 3.8) is 0 Å². The van der Waals surface area contributed by atoms with Crippen LogP contribution in [0.5, 0.6) is 0 Å². The van der Waals surface area contributed by atoms with Gasteiger partial charge >= 0.3 is 10.2 Å². The van der Waals surface area contributed by atoms with Crippen molar-refractivity contribution in [2.24, 2.45) is 0 Å². The molecule has 0 saturated carbocycles.